The van der Waals surface area contributed by atoms with E-state index in [2.05, 4.69) is 21.7 Å². The Labute approximate surface area is 148 Å². The maximum atomic E-state index is 12.0. The molecule has 0 bridgehead atoms. The van der Waals surface area contributed by atoms with Gasteiger partial charge in [0, 0.05) is 24.7 Å². The SMILES string of the molecule is Cl.Cl.O=C(NCCc1cccc2cccnc12)C1COCCN1. The standard InChI is InChI=1S/C16H19N3O2.2ClH/c20-16(14-11-21-10-9-17-14)19-8-6-13-4-1-3-12-5-2-7-18-15(12)13;;/h1-5,7,14,17H,6,8-11H2,(H,19,20);2*1H. The number of halogens is 2. The summed E-state index contributed by atoms with van der Waals surface area (Å²) in [4.78, 5) is 16.4. The highest BCUT2D eigenvalue weighted by molar-refractivity contribution is 5.85. The van der Waals surface area contributed by atoms with Crippen molar-refractivity contribution in [2.75, 3.05) is 26.3 Å². The number of rotatable bonds is 4. The molecular formula is C16H21Cl2N3O2. The Morgan fingerprint density at radius 1 is 1.30 bits per heavy atom. The van der Waals surface area contributed by atoms with E-state index in [0.717, 1.165) is 29.4 Å². The molecule has 0 aliphatic carbocycles. The van der Waals surface area contributed by atoms with Gasteiger partial charge in [0.1, 0.15) is 6.04 Å². The Morgan fingerprint density at radius 2 is 2.13 bits per heavy atom. The molecule has 0 radical (unpaired) electrons. The second-order valence-corrected chi connectivity index (χ2v) is 5.11. The van der Waals surface area contributed by atoms with Crippen LogP contribution in [0.5, 0.6) is 0 Å². The van der Waals surface area contributed by atoms with Crippen molar-refractivity contribution in [2.45, 2.75) is 12.5 Å². The lowest BCUT2D eigenvalue weighted by atomic mass is 10.1. The molecule has 3 rings (SSSR count). The number of ether oxygens (including phenoxy) is 1. The van der Waals surface area contributed by atoms with E-state index < -0.39 is 0 Å². The molecule has 1 aromatic carbocycles. The molecule has 5 nitrogen and oxygen atoms in total. The van der Waals surface area contributed by atoms with Crippen LogP contribution in [0.2, 0.25) is 0 Å². The molecule has 1 aliphatic heterocycles. The summed E-state index contributed by atoms with van der Waals surface area (Å²) in [5.74, 6) is 0.00268. The molecule has 0 spiro atoms. The highest BCUT2D eigenvalue weighted by Gasteiger charge is 2.20. The number of aromatic nitrogens is 1. The summed E-state index contributed by atoms with van der Waals surface area (Å²) in [7, 11) is 0. The fraction of sp³-hybridized carbons (Fsp3) is 0.375. The van der Waals surface area contributed by atoms with Crippen molar-refractivity contribution < 1.29 is 9.53 Å². The van der Waals surface area contributed by atoms with Gasteiger partial charge in [-0.25, -0.2) is 0 Å². The molecule has 2 N–H and O–H groups in total. The number of fused-ring (bicyclic) bond motifs is 1. The fourth-order valence-electron chi connectivity index (χ4n) is 2.55. The van der Waals surface area contributed by atoms with Crippen LogP contribution >= 0.6 is 24.8 Å². The molecule has 1 aromatic heterocycles. The van der Waals surface area contributed by atoms with Crippen LogP contribution in [0.4, 0.5) is 0 Å². The van der Waals surface area contributed by atoms with E-state index in [0.29, 0.717) is 19.8 Å². The minimum absolute atomic E-state index is 0. The molecule has 2 aromatic rings. The topological polar surface area (TPSA) is 63.2 Å². The molecule has 0 saturated carbocycles. The first-order valence-corrected chi connectivity index (χ1v) is 7.26. The Balaban J connectivity index is 0.00000132. The van der Waals surface area contributed by atoms with E-state index in [1.54, 1.807) is 6.20 Å². The van der Waals surface area contributed by atoms with Gasteiger partial charge in [-0.3, -0.25) is 9.78 Å². The van der Waals surface area contributed by atoms with Crippen molar-refractivity contribution in [3.05, 3.63) is 42.1 Å². The third-order valence-corrected chi connectivity index (χ3v) is 3.65. The first-order valence-electron chi connectivity index (χ1n) is 7.26. The second-order valence-electron chi connectivity index (χ2n) is 5.11. The highest BCUT2D eigenvalue weighted by Crippen LogP contribution is 2.15. The minimum atomic E-state index is -0.232. The molecule has 1 amide bonds. The van der Waals surface area contributed by atoms with Gasteiger partial charge in [-0.05, 0) is 18.1 Å². The van der Waals surface area contributed by atoms with Crippen LogP contribution in [0.1, 0.15) is 5.56 Å². The zero-order valence-corrected chi connectivity index (χ0v) is 14.3. The van der Waals surface area contributed by atoms with Crippen molar-refractivity contribution in [1.82, 2.24) is 15.6 Å². The van der Waals surface area contributed by atoms with Crippen LogP contribution in [0.15, 0.2) is 36.5 Å². The summed E-state index contributed by atoms with van der Waals surface area (Å²) < 4.78 is 5.29. The number of para-hydroxylation sites is 1. The number of benzene rings is 1. The number of nitrogens with zero attached hydrogens (tertiary/aromatic N) is 1. The quantitative estimate of drug-likeness (QED) is 0.874. The fourth-order valence-corrected chi connectivity index (χ4v) is 2.55. The Bertz CT molecular complexity index is 628. The third kappa shape index (κ3) is 5.04. The molecule has 23 heavy (non-hydrogen) atoms. The van der Waals surface area contributed by atoms with Crippen molar-refractivity contribution in [3.8, 4) is 0 Å². The molecule has 1 atom stereocenters. The molecule has 1 fully saturated rings. The van der Waals surface area contributed by atoms with Gasteiger partial charge in [0.15, 0.2) is 0 Å². The van der Waals surface area contributed by atoms with Gasteiger partial charge in [-0.15, -0.1) is 24.8 Å². The number of amides is 1. The first kappa shape index (κ1) is 19.6. The molecule has 7 heteroatoms. The lowest BCUT2D eigenvalue weighted by molar-refractivity contribution is -0.125. The van der Waals surface area contributed by atoms with Gasteiger partial charge in [-0.1, -0.05) is 24.3 Å². The first-order chi connectivity index (χ1) is 10.3. The third-order valence-electron chi connectivity index (χ3n) is 3.65. The Hall–Kier alpha value is -1.40. The van der Waals surface area contributed by atoms with E-state index in [1.807, 2.05) is 24.3 Å². The molecule has 1 saturated heterocycles. The Kier molecular flexibility index (Phi) is 8.26. The summed E-state index contributed by atoms with van der Waals surface area (Å²) in [5.41, 5.74) is 2.16. The molecule has 1 unspecified atom stereocenters. The van der Waals surface area contributed by atoms with Gasteiger partial charge in [0.2, 0.25) is 5.91 Å². The smallest absolute Gasteiger partial charge is 0.239 e. The maximum Gasteiger partial charge on any atom is 0.239 e. The van der Waals surface area contributed by atoms with Crippen molar-refractivity contribution in [2.24, 2.45) is 0 Å². The summed E-state index contributed by atoms with van der Waals surface area (Å²) in [6, 6.07) is 9.88. The second kappa shape index (κ2) is 9.67. The van der Waals surface area contributed by atoms with Crippen molar-refractivity contribution in [3.63, 3.8) is 0 Å². The zero-order chi connectivity index (χ0) is 14.5. The lowest BCUT2D eigenvalue weighted by Gasteiger charge is -2.22. The number of hydrogen-bond acceptors (Lipinski definition) is 4. The minimum Gasteiger partial charge on any atom is -0.378 e. The van der Waals surface area contributed by atoms with Gasteiger partial charge in [0.25, 0.3) is 0 Å². The summed E-state index contributed by atoms with van der Waals surface area (Å²) >= 11 is 0. The predicted octanol–water partition coefficient (Wildman–Crippen LogP) is 1.73. The zero-order valence-electron chi connectivity index (χ0n) is 12.7. The van der Waals surface area contributed by atoms with E-state index >= 15 is 0 Å². The van der Waals surface area contributed by atoms with Crippen molar-refractivity contribution in [1.29, 1.82) is 0 Å². The number of pyridine rings is 1. The van der Waals surface area contributed by atoms with Gasteiger partial charge in [-0.2, -0.15) is 0 Å². The molecule has 1 aliphatic rings. The van der Waals surface area contributed by atoms with Crippen LogP contribution in [-0.4, -0.2) is 43.2 Å². The van der Waals surface area contributed by atoms with Crippen LogP contribution in [0, 0.1) is 0 Å². The Morgan fingerprint density at radius 3 is 2.91 bits per heavy atom. The number of carbonyl (C=O) groups is 1. The van der Waals surface area contributed by atoms with E-state index in [-0.39, 0.29) is 36.8 Å². The van der Waals surface area contributed by atoms with Crippen LogP contribution < -0.4 is 10.6 Å². The summed E-state index contributed by atoms with van der Waals surface area (Å²) in [5, 5.41) is 7.23. The molecule has 2 heterocycles. The highest BCUT2D eigenvalue weighted by atomic mass is 35.5. The van der Waals surface area contributed by atoms with E-state index in [4.69, 9.17) is 4.74 Å². The largest absolute Gasteiger partial charge is 0.378 e. The number of morpholine rings is 1. The predicted molar refractivity (Wildman–Crippen MR) is 95.6 cm³/mol. The van der Waals surface area contributed by atoms with E-state index in [9.17, 15) is 4.79 Å². The normalized spacial score (nSPS) is 17.0. The summed E-state index contributed by atoms with van der Waals surface area (Å²) in [6.07, 6.45) is 2.57. The van der Waals surface area contributed by atoms with E-state index in [1.165, 1.54) is 0 Å². The monoisotopic (exact) mass is 357 g/mol. The van der Waals surface area contributed by atoms with Gasteiger partial charge < -0.3 is 15.4 Å². The number of nitrogens with one attached hydrogen (secondary N) is 2. The maximum absolute atomic E-state index is 12.0. The average molecular weight is 358 g/mol. The van der Waals surface area contributed by atoms with Crippen LogP contribution in [0.25, 0.3) is 10.9 Å². The summed E-state index contributed by atoms with van der Waals surface area (Å²) in [6.45, 7) is 2.45. The molecular weight excluding hydrogens is 337 g/mol. The average Bonchev–Trinajstić information content (AvgIpc) is 2.56. The van der Waals surface area contributed by atoms with Crippen LogP contribution in [0.3, 0.4) is 0 Å². The number of hydrogen-bond donors (Lipinski definition) is 2. The van der Waals surface area contributed by atoms with Crippen molar-refractivity contribution >= 4 is 41.6 Å². The van der Waals surface area contributed by atoms with Gasteiger partial charge >= 0.3 is 0 Å². The van der Waals surface area contributed by atoms with Crippen LogP contribution in [-0.2, 0) is 16.0 Å². The lowest BCUT2D eigenvalue weighted by Crippen LogP contribution is -2.51. The number of carbonyl (C=O) groups excluding carboxylic acids is 1. The van der Waals surface area contributed by atoms with Gasteiger partial charge in [0.05, 0.1) is 18.7 Å². The molecule has 126 valence electrons.